The van der Waals surface area contributed by atoms with Crippen LogP contribution >= 0.6 is 0 Å². The number of carbonyl (C=O) groups excluding carboxylic acids is 1. The zero-order valence-corrected chi connectivity index (χ0v) is 14.9. The summed E-state index contributed by atoms with van der Waals surface area (Å²) >= 11 is 0. The molecule has 2 fully saturated rings. The lowest BCUT2D eigenvalue weighted by atomic mass is 9.69. The molecular formula is C20H30N2O2. The zero-order valence-electron chi connectivity index (χ0n) is 14.9. The highest BCUT2D eigenvalue weighted by molar-refractivity contribution is 5.73. The Morgan fingerprint density at radius 2 is 2.04 bits per heavy atom. The minimum atomic E-state index is 0.00794. The van der Waals surface area contributed by atoms with Crippen molar-refractivity contribution in [1.82, 2.24) is 9.55 Å². The number of carbonyl (C=O) groups is 1. The SMILES string of the molecule is CCc1cn2c(n1)CC(C(=O)OC1CCCC3CCCCC31)CC2. The Kier molecular flexibility index (Phi) is 4.64. The number of hydrogen-bond acceptors (Lipinski definition) is 3. The molecule has 2 saturated carbocycles. The van der Waals surface area contributed by atoms with Crippen molar-refractivity contribution >= 4 is 5.97 Å². The number of aryl methyl sites for hydroxylation is 2. The Morgan fingerprint density at radius 3 is 2.92 bits per heavy atom. The maximum absolute atomic E-state index is 12.8. The van der Waals surface area contributed by atoms with Gasteiger partial charge in [-0.2, -0.15) is 0 Å². The molecule has 0 amide bonds. The van der Waals surface area contributed by atoms with E-state index in [0.717, 1.165) is 49.7 Å². The molecule has 1 aliphatic heterocycles. The van der Waals surface area contributed by atoms with Crippen LogP contribution in [0.2, 0.25) is 0 Å². The monoisotopic (exact) mass is 330 g/mol. The van der Waals surface area contributed by atoms with Crippen molar-refractivity contribution in [2.24, 2.45) is 17.8 Å². The normalized spacial score (nSPS) is 32.7. The van der Waals surface area contributed by atoms with Crippen LogP contribution in [0.25, 0.3) is 0 Å². The molecule has 4 rings (SSSR count). The highest BCUT2D eigenvalue weighted by atomic mass is 16.5. The van der Waals surface area contributed by atoms with Crippen LogP contribution in [0.15, 0.2) is 6.20 Å². The summed E-state index contributed by atoms with van der Waals surface area (Å²) in [6.45, 7) is 3.03. The molecule has 4 nitrogen and oxygen atoms in total. The van der Waals surface area contributed by atoms with Crippen LogP contribution < -0.4 is 0 Å². The van der Waals surface area contributed by atoms with Gasteiger partial charge in [0.1, 0.15) is 11.9 Å². The van der Waals surface area contributed by atoms with Gasteiger partial charge in [-0.25, -0.2) is 4.98 Å². The third kappa shape index (κ3) is 3.12. The van der Waals surface area contributed by atoms with Gasteiger partial charge in [-0.05, 0) is 50.4 Å². The molecule has 3 aliphatic rings. The summed E-state index contributed by atoms with van der Waals surface area (Å²) in [4.78, 5) is 17.4. The number of hydrogen-bond donors (Lipinski definition) is 0. The highest BCUT2D eigenvalue weighted by Crippen LogP contribution is 2.42. The first-order valence-corrected chi connectivity index (χ1v) is 10.00. The van der Waals surface area contributed by atoms with Crippen molar-refractivity contribution < 1.29 is 9.53 Å². The average Bonchev–Trinajstić information content (AvgIpc) is 3.04. The molecule has 0 spiro atoms. The van der Waals surface area contributed by atoms with Crippen LogP contribution in [-0.2, 0) is 28.9 Å². The fourth-order valence-corrected chi connectivity index (χ4v) is 5.13. The van der Waals surface area contributed by atoms with E-state index in [9.17, 15) is 4.79 Å². The van der Waals surface area contributed by atoms with Crippen LogP contribution in [0.5, 0.6) is 0 Å². The summed E-state index contributed by atoms with van der Waals surface area (Å²) in [6, 6.07) is 0. The molecule has 0 N–H and O–H groups in total. The molecular weight excluding hydrogens is 300 g/mol. The van der Waals surface area contributed by atoms with E-state index in [1.807, 2.05) is 0 Å². The Balaban J connectivity index is 1.39. The van der Waals surface area contributed by atoms with Crippen molar-refractivity contribution in [2.45, 2.75) is 83.8 Å². The van der Waals surface area contributed by atoms with E-state index >= 15 is 0 Å². The molecule has 24 heavy (non-hydrogen) atoms. The maximum atomic E-state index is 12.8. The Labute approximate surface area is 145 Å². The predicted molar refractivity (Wildman–Crippen MR) is 92.6 cm³/mol. The topological polar surface area (TPSA) is 44.1 Å². The van der Waals surface area contributed by atoms with Crippen molar-refractivity contribution in [3.8, 4) is 0 Å². The minimum Gasteiger partial charge on any atom is -0.462 e. The first-order chi connectivity index (χ1) is 11.7. The van der Waals surface area contributed by atoms with Crippen LogP contribution in [-0.4, -0.2) is 21.6 Å². The molecule has 2 aliphatic carbocycles. The molecule has 1 aromatic rings. The van der Waals surface area contributed by atoms with Gasteiger partial charge in [0.05, 0.1) is 11.6 Å². The number of ether oxygens (including phenoxy) is 1. The quantitative estimate of drug-likeness (QED) is 0.789. The first kappa shape index (κ1) is 16.2. The van der Waals surface area contributed by atoms with Crippen LogP contribution in [0.1, 0.15) is 69.8 Å². The number of nitrogens with zero attached hydrogens (tertiary/aromatic N) is 2. The molecule has 0 bridgehead atoms. The van der Waals surface area contributed by atoms with Crippen molar-refractivity contribution in [1.29, 1.82) is 0 Å². The number of esters is 1. The van der Waals surface area contributed by atoms with Gasteiger partial charge in [0.2, 0.25) is 0 Å². The van der Waals surface area contributed by atoms with Crippen LogP contribution in [0.3, 0.4) is 0 Å². The van der Waals surface area contributed by atoms with E-state index < -0.39 is 0 Å². The molecule has 0 radical (unpaired) electrons. The van der Waals surface area contributed by atoms with Gasteiger partial charge in [0.15, 0.2) is 0 Å². The molecule has 0 aromatic carbocycles. The zero-order chi connectivity index (χ0) is 16.5. The number of aromatic nitrogens is 2. The third-order valence-corrected chi connectivity index (χ3v) is 6.53. The summed E-state index contributed by atoms with van der Waals surface area (Å²) in [6.07, 6.45) is 13.9. The van der Waals surface area contributed by atoms with Gasteiger partial charge >= 0.3 is 5.97 Å². The van der Waals surface area contributed by atoms with E-state index in [2.05, 4.69) is 22.7 Å². The van der Waals surface area contributed by atoms with Crippen LogP contribution in [0.4, 0.5) is 0 Å². The molecule has 132 valence electrons. The Hall–Kier alpha value is -1.32. The van der Waals surface area contributed by atoms with Gasteiger partial charge in [-0.3, -0.25) is 4.79 Å². The lowest BCUT2D eigenvalue weighted by Crippen LogP contribution is -2.39. The molecule has 4 unspecified atom stereocenters. The van der Waals surface area contributed by atoms with E-state index in [4.69, 9.17) is 4.74 Å². The maximum Gasteiger partial charge on any atom is 0.309 e. The van der Waals surface area contributed by atoms with Crippen molar-refractivity contribution in [2.75, 3.05) is 0 Å². The summed E-state index contributed by atoms with van der Waals surface area (Å²) in [5.74, 6) is 2.56. The van der Waals surface area contributed by atoms with Crippen LogP contribution in [0, 0.1) is 17.8 Å². The van der Waals surface area contributed by atoms with E-state index in [1.165, 1.54) is 38.5 Å². The standard InChI is InChI=1S/C20H30N2O2/c1-2-16-13-22-11-10-15(12-19(22)21-16)20(23)24-18-9-5-7-14-6-3-4-8-17(14)18/h13-15,17-18H,2-12H2,1H3. The fourth-order valence-electron chi connectivity index (χ4n) is 5.13. The van der Waals surface area contributed by atoms with Gasteiger partial charge in [-0.15, -0.1) is 0 Å². The van der Waals surface area contributed by atoms with E-state index in [0.29, 0.717) is 5.92 Å². The lowest BCUT2D eigenvalue weighted by Gasteiger charge is -2.41. The number of rotatable bonds is 3. The molecule has 2 heterocycles. The lowest BCUT2D eigenvalue weighted by molar-refractivity contribution is -0.162. The minimum absolute atomic E-state index is 0.00794. The molecule has 4 heteroatoms. The summed E-state index contributed by atoms with van der Waals surface area (Å²) in [5.41, 5.74) is 1.14. The fraction of sp³-hybridized carbons (Fsp3) is 0.800. The smallest absolute Gasteiger partial charge is 0.309 e. The number of imidazole rings is 1. The third-order valence-electron chi connectivity index (χ3n) is 6.53. The van der Waals surface area contributed by atoms with Gasteiger partial charge in [0.25, 0.3) is 0 Å². The molecule has 1 aromatic heterocycles. The Bertz CT molecular complexity index is 592. The molecule has 4 atom stereocenters. The second kappa shape index (κ2) is 6.89. The van der Waals surface area contributed by atoms with Crippen molar-refractivity contribution in [3.63, 3.8) is 0 Å². The summed E-state index contributed by atoms with van der Waals surface area (Å²) in [5, 5.41) is 0. The average molecular weight is 330 g/mol. The second-order valence-corrected chi connectivity index (χ2v) is 8.00. The van der Waals surface area contributed by atoms with Gasteiger partial charge in [-0.1, -0.05) is 26.2 Å². The van der Waals surface area contributed by atoms with Gasteiger partial charge < -0.3 is 9.30 Å². The highest BCUT2D eigenvalue weighted by Gasteiger charge is 2.38. The Morgan fingerprint density at radius 1 is 1.21 bits per heavy atom. The summed E-state index contributed by atoms with van der Waals surface area (Å²) in [7, 11) is 0. The predicted octanol–water partition coefficient (Wildman–Crippen LogP) is 3.91. The largest absolute Gasteiger partial charge is 0.462 e. The summed E-state index contributed by atoms with van der Waals surface area (Å²) < 4.78 is 8.30. The van der Waals surface area contributed by atoms with Gasteiger partial charge in [0, 0.05) is 19.2 Å². The second-order valence-electron chi connectivity index (χ2n) is 8.00. The molecule has 0 saturated heterocycles. The van der Waals surface area contributed by atoms with Crippen molar-refractivity contribution in [3.05, 3.63) is 17.7 Å². The van der Waals surface area contributed by atoms with E-state index in [-0.39, 0.29) is 18.0 Å². The first-order valence-electron chi connectivity index (χ1n) is 10.00. The number of fused-ring (bicyclic) bond motifs is 2. The van der Waals surface area contributed by atoms with E-state index in [1.54, 1.807) is 0 Å².